The van der Waals surface area contributed by atoms with Gasteiger partial charge in [-0.05, 0) is 80.5 Å². The van der Waals surface area contributed by atoms with Gasteiger partial charge in [0, 0.05) is 41.9 Å². The zero-order valence-electron chi connectivity index (χ0n) is 21.5. The normalized spacial score (nSPS) is 17.8. The molecule has 7 heteroatoms. The Morgan fingerprint density at radius 3 is 2.47 bits per heavy atom. The Bertz CT molecular complexity index is 1290. The maximum atomic E-state index is 13.2. The first-order chi connectivity index (χ1) is 17.7. The molecule has 1 amide bonds. The van der Waals surface area contributed by atoms with Crippen LogP contribution in [-0.2, 0) is 0 Å². The summed E-state index contributed by atoms with van der Waals surface area (Å²) in [6.07, 6.45) is 10.2. The first-order valence-corrected chi connectivity index (χ1v) is 13.3. The van der Waals surface area contributed by atoms with Crippen molar-refractivity contribution in [3.8, 4) is 11.4 Å². The van der Waals surface area contributed by atoms with Crippen LogP contribution in [0.3, 0.4) is 0 Å². The Balaban J connectivity index is 0.00000130. The molecule has 2 aromatic heterocycles. The molecule has 0 unspecified atom stereocenters. The van der Waals surface area contributed by atoms with Crippen LogP contribution in [0.15, 0.2) is 59.6 Å². The third kappa shape index (κ3) is 4.74. The van der Waals surface area contributed by atoms with Gasteiger partial charge in [-0.1, -0.05) is 20.3 Å². The Kier molecular flexibility index (Phi) is 7.07. The van der Waals surface area contributed by atoms with E-state index in [1.807, 2.05) is 13.8 Å². The van der Waals surface area contributed by atoms with Gasteiger partial charge in [-0.2, -0.15) is 0 Å². The van der Waals surface area contributed by atoms with E-state index in [9.17, 15) is 4.79 Å². The average molecular weight is 485 g/mol. The number of hydrogen-bond acceptors (Lipinski definition) is 5. The SMILES string of the molecule is CC.CC1=C(NC(=O)c2ccnc3nc(-c4ccc(N5CCCC5)cc4)[nH]c23)CNC(C2CCC2)=C1. The number of pyridine rings is 1. The van der Waals surface area contributed by atoms with E-state index in [1.165, 1.54) is 43.5 Å². The third-order valence-corrected chi connectivity index (χ3v) is 7.38. The monoisotopic (exact) mass is 484 g/mol. The highest BCUT2D eigenvalue weighted by atomic mass is 16.1. The van der Waals surface area contributed by atoms with Crippen LogP contribution in [0.4, 0.5) is 5.69 Å². The minimum absolute atomic E-state index is 0.149. The van der Waals surface area contributed by atoms with E-state index in [2.05, 4.69) is 67.8 Å². The first-order valence-electron chi connectivity index (χ1n) is 13.3. The van der Waals surface area contributed by atoms with Gasteiger partial charge in [0.1, 0.15) is 5.82 Å². The predicted octanol–water partition coefficient (Wildman–Crippen LogP) is 5.54. The molecule has 4 heterocycles. The molecule has 3 aliphatic rings. The van der Waals surface area contributed by atoms with Crippen molar-refractivity contribution in [2.45, 2.75) is 52.9 Å². The zero-order chi connectivity index (χ0) is 25.1. The quantitative estimate of drug-likeness (QED) is 0.443. The summed E-state index contributed by atoms with van der Waals surface area (Å²) in [7, 11) is 0. The van der Waals surface area contributed by atoms with E-state index in [0.29, 0.717) is 29.2 Å². The minimum atomic E-state index is -0.149. The van der Waals surface area contributed by atoms with Crippen LogP contribution in [0, 0.1) is 5.92 Å². The largest absolute Gasteiger partial charge is 0.383 e. The number of imidazole rings is 1. The van der Waals surface area contributed by atoms with Gasteiger partial charge in [-0.3, -0.25) is 4.79 Å². The number of benzene rings is 1. The molecular weight excluding hydrogens is 448 g/mol. The molecule has 1 saturated carbocycles. The second-order valence-corrected chi connectivity index (χ2v) is 9.58. The number of amides is 1. The number of aromatic nitrogens is 3. The van der Waals surface area contributed by atoms with Gasteiger partial charge in [0.25, 0.3) is 5.91 Å². The number of H-pyrrole nitrogens is 1. The lowest BCUT2D eigenvalue weighted by atomic mass is 9.81. The van der Waals surface area contributed by atoms with Crippen LogP contribution in [0.2, 0.25) is 0 Å². The van der Waals surface area contributed by atoms with Crippen molar-refractivity contribution in [2.75, 3.05) is 24.5 Å². The maximum Gasteiger partial charge on any atom is 0.257 e. The molecule has 1 aliphatic carbocycles. The standard InChI is InChI=1S/C27H30N6O.C2H6/c1-17-15-22(18-5-4-6-18)29-16-23(17)30-27(34)21-11-12-28-26-24(21)31-25(32-26)19-7-9-20(10-8-19)33-13-2-3-14-33;1-2/h7-12,15,18,29H,2-6,13-14,16H2,1H3,(H,30,34)(H,28,31,32);1-2H3. The van der Waals surface area contributed by atoms with E-state index < -0.39 is 0 Å². The van der Waals surface area contributed by atoms with Crippen molar-refractivity contribution in [1.82, 2.24) is 25.6 Å². The second-order valence-electron chi connectivity index (χ2n) is 9.58. The Hall–Kier alpha value is -3.61. The summed E-state index contributed by atoms with van der Waals surface area (Å²) in [5.41, 5.74) is 7.31. The van der Waals surface area contributed by atoms with Crippen molar-refractivity contribution in [1.29, 1.82) is 0 Å². The lowest BCUT2D eigenvalue weighted by Gasteiger charge is -2.32. The molecule has 0 atom stereocenters. The van der Waals surface area contributed by atoms with Gasteiger partial charge in [0.2, 0.25) is 0 Å². The van der Waals surface area contributed by atoms with E-state index >= 15 is 0 Å². The van der Waals surface area contributed by atoms with Crippen molar-refractivity contribution in [3.05, 3.63) is 65.1 Å². The number of dihydropyridines is 1. The van der Waals surface area contributed by atoms with Gasteiger partial charge in [-0.25, -0.2) is 9.97 Å². The lowest BCUT2D eigenvalue weighted by molar-refractivity contribution is 0.0966. The van der Waals surface area contributed by atoms with E-state index in [-0.39, 0.29) is 5.91 Å². The van der Waals surface area contributed by atoms with E-state index in [0.717, 1.165) is 35.7 Å². The number of anilines is 1. The fourth-order valence-electron chi connectivity index (χ4n) is 5.07. The van der Waals surface area contributed by atoms with Gasteiger partial charge < -0.3 is 20.5 Å². The van der Waals surface area contributed by atoms with Gasteiger partial charge in [0.05, 0.1) is 17.6 Å². The van der Waals surface area contributed by atoms with Crippen molar-refractivity contribution < 1.29 is 4.79 Å². The van der Waals surface area contributed by atoms with Crippen molar-refractivity contribution in [3.63, 3.8) is 0 Å². The smallest absolute Gasteiger partial charge is 0.257 e. The fourth-order valence-corrected chi connectivity index (χ4v) is 5.07. The number of hydrogen-bond donors (Lipinski definition) is 3. The number of rotatable bonds is 5. The number of fused-ring (bicyclic) bond motifs is 1. The van der Waals surface area contributed by atoms with Gasteiger partial charge >= 0.3 is 0 Å². The molecule has 3 aromatic rings. The number of allylic oxidation sites excluding steroid dienone is 3. The topological polar surface area (TPSA) is 85.9 Å². The van der Waals surface area contributed by atoms with Crippen LogP contribution in [0.5, 0.6) is 0 Å². The van der Waals surface area contributed by atoms with E-state index in [4.69, 9.17) is 0 Å². The molecule has 3 N–H and O–H groups in total. The summed E-state index contributed by atoms with van der Waals surface area (Å²) in [6, 6.07) is 10.2. The zero-order valence-corrected chi connectivity index (χ0v) is 21.5. The van der Waals surface area contributed by atoms with Gasteiger partial charge in [-0.15, -0.1) is 0 Å². The minimum Gasteiger partial charge on any atom is -0.383 e. The molecule has 6 rings (SSSR count). The molecule has 0 spiro atoms. The van der Waals surface area contributed by atoms with Crippen LogP contribution in [0.25, 0.3) is 22.6 Å². The number of carbonyl (C=O) groups excluding carboxylic acids is 1. The average Bonchev–Trinajstić information content (AvgIpc) is 3.56. The number of nitrogens with one attached hydrogen (secondary N) is 3. The lowest BCUT2D eigenvalue weighted by Crippen LogP contribution is -2.35. The predicted molar refractivity (Wildman–Crippen MR) is 146 cm³/mol. The first kappa shape index (κ1) is 24.1. The highest BCUT2D eigenvalue weighted by Crippen LogP contribution is 2.33. The highest BCUT2D eigenvalue weighted by molar-refractivity contribution is 6.05. The van der Waals surface area contributed by atoms with Crippen molar-refractivity contribution >= 4 is 22.8 Å². The molecule has 188 valence electrons. The maximum absolute atomic E-state index is 13.2. The molecule has 0 radical (unpaired) electrons. The second kappa shape index (κ2) is 10.6. The van der Waals surface area contributed by atoms with Crippen LogP contribution in [0.1, 0.15) is 63.2 Å². The van der Waals surface area contributed by atoms with Gasteiger partial charge in [0.15, 0.2) is 5.65 Å². The van der Waals surface area contributed by atoms with Crippen LogP contribution < -0.4 is 15.5 Å². The Labute approximate surface area is 213 Å². The van der Waals surface area contributed by atoms with Crippen LogP contribution in [-0.4, -0.2) is 40.5 Å². The summed E-state index contributed by atoms with van der Waals surface area (Å²) in [6.45, 7) is 8.95. The fraction of sp³-hybridized carbons (Fsp3) is 0.414. The van der Waals surface area contributed by atoms with E-state index in [1.54, 1.807) is 12.3 Å². The summed E-state index contributed by atoms with van der Waals surface area (Å²) in [5.74, 6) is 1.22. The number of nitrogens with zero attached hydrogens (tertiary/aromatic N) is 3. The molecule has 36 heavy (non-hydrogen) atoms. The molecular formula is C29H36N6O. The highest BCUT2D eigenvalue weighted by Gasteiger charge is 2.25. The summed E-state index contributed by atoms with van der Waals surface area (Å²) >= 11 is 0. The molecule has 2 fully saturated rings. The summed E-state index contributed by atoms with van der Waals surface area (Å²) in [4.78, 5) is 28.0. The summed E-state index contributed by atoms with van der Waals surface area (Å²) < 4.78 is 0. The molecule has 7 nitrogen and oxygen atoms in total. The summed E-state index contributed by atoms with van der Waals surface area (Å²) in [5, 5.41) is 6.61. The molecule has 1 aromatic carbocycles. The Morgan fingerprint density at radius 1 is 1.06 bits per heavy atom. The molecule has 0 bridgehead atoms. The third-order valence-electron chi connectivity index (χ3n) is 7.38. The number of carbonyl (C=O) groups is 1. The van der Waals surface area contributed by atoms with Crippen molar-refractivity contribution in [2.24, 2.45) is 5.92 Å². The molecule has 2 aliphatic heterocycles. The van der Waals surface area contributed by atoms with Crippen LogP contribution >= 0.6 is 0 Å². The molecule has 1 saturated heterocycles. The number of aromatic amines is 1. The Morgan fingerprint density at radius 2 is 1.81 bits per heavy atom.